The van der Waals surface area contributed by atoms with Crippen molar-refractivity contribution >= 4 is 65.7 Å². The third kappa shape index (κ3) is 2.08. The maximum absolute atomic E-state index is 13.6. The lowest BCUT2D eigenvalue weighted by Gasteiger charge is -2.26. The van der Waals surface area contributed by atoms with Crippen LogP contribution in [-0.2, 0) is 6.54 Å². The molecule has 6 aromatic rings. The Morgan fingerprint density at radius 2 is 1.17 bits per heavy atom. The van der Waals surface area contributed by atoms with Crippen LogP contribution in [0.25, 0.3) is 53.9 Å². The largest absolute Gasteiger partial charge is 0.292 e. The van der Waals surface area contributed by atoms with E-state index in [9.17, 15) is 14.4 Å². The van der Waals surface area contributed by atoms with Crippen LogP contribution < -0.4 is 11.0 Å². The van der Waals surface area contributed by atoms with Gasteiger partial charge in [0.25, 0.3) is 17.4 Å². The summed E-state index contributed by atoms with van der Waals surface area (Å²) in [6.07, 6.45) is 0. The Bertz CT molecular complexity index is 2030. The predicted octanol–water partition coefficient (Wildman–Crippen LogP) is 4.27. The van der Waals surface area contributed by atoms with Gasteiger partial charge in [-0.1, -0.05) is 31.2 Å². The number of nitrogens with zero attached hydrogens (tertiary/aromatic N) is 3. The first-order valence-corrected chi connectivity index (χ1v) is 11.8. The third-order valence-electron chi connectivity index (χ3n) is 7.99. The summed E-state index contributed by atoms with van der Waals surface area (Å²) in [4.78, 5) is 45.5. The molecule has 6 heteroatoms. The fourth-order valence-corrected chi connectivity index (χ4v) is 6.40. The van der Waals surface area contributed by atoms with Crippen molar-refractivity contribution in [3.63, 3.8) is 0 Å². The molecule has 0 radical (unpaired) electrons. The van der Waals surface area contributed by atoms with Gasteiger partial charge < -0.3 is 0 Å². The first kappa shape index (κ1) is 19.0. The molecule has 2 amide bonds. The zero-order valence-electron chi connectivity index (χ0n) is 19.2. The maximum Gasteiger partial charge on any atom is 0.261 e. The highest BCUT2D eigenvalue weighted by molar-refractivity contribution is 6.40. The Morgan fingerprint density at radius 1 is 0.686 bits per heavy atom. The molecule has 2 aliphatic heterocycles. The molecule has 0 bridgehead atoms. The summed E-state index contributed by atoms with van der Waals surface area (Å²) in [6.45, 7) is 3.50. The van der Waals surface area contributed by atoms with E-state index in [-0.39, 0.29) is 17.4 Å². The number of rotatable bonds is 0. The minimum atomic E-state index is -0.280. The first-order valence-electron chi connectivity index (χ1n) is 11.8. The summed E-state index contributed by atoms with van der Waals surface area (Å²) in [5.41, 5.74) is 1.86. The average molecular weight is 457 g/mol. The lowest BCUT2D eigenvalue weighted by molar-refractivity contribution is 0.0651. The standard InChI is InChI=1S/C29H19N3O3/c1-13-11-30-26-18-7-3-14-16-4-8-19-25-20(28(34)31(2)27(19)33)9-5-17(23(16)25)15-6-10-21(24(18)22(14)15)29(35)32(26)12-13/h3-10,13H,11-12H2,1-2H3. The Hall–Kier alpha value is -4.32. The molecular formula is C29H19N3O3. The topological polar surface area (TPSA) is 71.7 Å². The van der Waals surface area contributed by atoms with Gasteiger partial charge in [0.1, 0.15) is 5.49 Å². The van der Waals surface area contributed by atoms with Crippen LogP contribution in [0.5, 0.6) is 0 Å². The molecule has 6 nitrogen and oxygen atoms in total. The van der Waals surface area contributed by atoms with E-state index in [0.717, 1.165) is 54.0 Å². The number of benzene rings is 5. The fraction of sp³-hybridized carbons (Fsp3) is 0.172. The van der Waals surface area contributed by atoms with Gasteiger partial charge in [-0.2, -0.15) is 0 Å². The number of amides is 2. The molecule has 5 aromatic carbocycles. The fourth-order valence-electron chi connectivity index (χ4n) is 6.40. The van der Waals surface area contributed by atoms with Crippen molar-refractivity contribution in [2.45, 2.75) is 13.5 Å². The molecule has 0 saturated carbocycles. The van der Waals surface area contributed by atoms with Gasteiger partial charge in [-0.15, -0.1) is 0 Å². The molecule has 0 saturated heterocycles. The monoisotopic (exact) mass is 457 g/mol. The van der Waals surface area contributed by atoms with Crippen LogP contribution in [-0.4, -0.2) is 34.9 Å². The van der Waals surface area contributed by atoms with E-state index in [1.807, 2.05) is 41.0 Å². The molecule has 0 fully saturated rings. The van der Waals surface area contributed by atoms with Crippen molar-refractivity contribution in [1.82, 2.24) is 9.47 Å². The highest BCUT2D eigenvalue weighted by atomic mass is 16.2. The lowest BCUT2D eigenvalue weighted by Crippen LogP contribution is -2.40. The van der Waals surface area contributed by atoms with Gasteiger partial charge in [0, 0.05) is 52.8 Å². The average Bonchev–Trinajstić information content (AvgIpc) is 2.88. The van der Waals surface area contributed by atoms with Crippen LogP contribution >= 0.6 is 0 Å². The molecule has 1 atom stereocenters. The summed E-state index contributed by atoms with van der Waals surface area (Å²) in [5, 5.41) is 9.33. The summed E-state index contributed by atoms with van der Waals surface area (Å²) in [6, 6.07) is 15.7. The van der Waals surface area contributed by atoms with Gasteiger partial charge in [0.15, 0.2) is 0 Å². The molecule has 8 rings (SSSR count). The second kappa shape index (κ2) is 6.02. The summed E-state index contributed by atoms with van der Waals surface area (Å²) in [5.74, 6) is -0.233. The summed E-state index contributed by atoms with van der Waals surface area (Å²) in [7, 11) is 1.53. The van der Waals surface area contributed by atoms with Gasteiger partial charge in [-0.25, -0.2) is 0 Å². The van der Waals surface area contributed by atoms with Crippen molar-refractivity contribution < 1.29 is 9.59 Å². The van der Waals surface area contributed by atoms with Crippen LogP contribution in [0.2, 0.25) is 0 Å². The second-order valence-corrected chi connectivity index (χ2v) is 10.00. The van der Waals surface area contributed by atoms with Gasteiger partial charge in [-0.05, 0) is 62.5 Å². The van der Waals surface area contributed by atoms with Crippen molar-refractivity contribution in [3.05, 3.63) is 75.5 Å². The van der Waals surface area contributed by atoms with Crippen LogP contribution in [0.4, 0.5) is 0 Å². The molecule has 1 aromatic heterocycles. The maximum atomic E-state index is 13.6. The molecule has 2 aliphatic rings. The Balaban J connectivity index is 1.65. The van der Waals surface area contributed by atoms with Crippen LogP contribution in [0, 0.1) is 5.92 Å². The number of hydrogen-bond acceptors (Lipinski definition) is 4. The van der Waals surface area contributed by atoms with Gasteiger partial charge in [0.05, 0.1) is 0 Å². The predicted molar refractivity (Wildman–Crippen MR) is 137 cm³/mol. The van der Waals surface area contributed by atoms with E-state index in [0.29, 0.717) is 35.5 Å². The molecule has 1 unspecified atom stereocenters. The van der Waals surface area contributed by atoms with Crippen LogP contribution in [0.1, 0.15) is 27.6 Å². The number of carbonyl (C=O) groups is 2. The van der Waals surface area contributed by atoms with E-state index in [2.05, 4.69) is 19.1 Å². The Labute approximate surface area is 198 Å². The smallest absolute Gasteiger partial charge is 0.261 e. The number of hydrogen-bond donors (Lipinski definition) is 0. The highest BCUT2D eigenvalue weighted by Crippen LogP contribution is 2.44. The summed E-state index contributed by atoms with van der Waals surface area (Å²) < 4.78 is 1.82. The zero-order chi connectivity index (χ0) is 23.7. The van der Waals surface area contributed by atoms with Crippen LogP contribution in [0.3, 0.4) is 0 Å². The van der Waals surface area contributed by atoms with E-state index < -0.39 is 0 Å². The van der Waals surface area contributed by atoms with Crippen LogP contribution in [0.15, 0.2) is 58.3 Å². The number of carbonyl (C=O) groups excluding carboxylic acids is 2. The Morgan fingerprint density at radius 3 is 1.80 bits per heavy atom. The molecule has 0 aliphatic carbocycles. The molecule has 3 heterocycles. The Kier molecular flexibility index (Phi) is 3.27. The first-order chi connectivity index (χ1) is 17.0. The van der Waals surface area contributed by atoms with Crippen molar-refractivity contribution in [2.24, 2.45) is 10.9 Å². The van der Waals surface area contributed by atoms with Gasteiger partial charge in [0.2, 0.25) is 0 Å². The van der Waals surface area contributed by atoms with Gasteiger partial charge in [-0.3, -0.25) is 28.8 Å². The minimum Gasteiger partial charge on any atom is -0.292 e. The second-order valence-electron chi connectivity index (χ2n) is 10.00. The van der Waals surface area contributed by atoms with E-state index in [4.69, 9.17) is 4.99 Å². The number of aromatic nitrogens is 1. The van der Waals surface area contributed by atoms with E-state index in [1.54, 1.807) is 0 Å². The normalized spacial score (nSPS) is 17.9. The number of fused-ring (bicyclic) bond motifs is 4. The third-order valence-corrected chi connectivity index (χ3v) is 7.99. The molecule has 0 spiro atoms. The van der Waals surface area contributed by atoms with Crippen molar-refractivity contribution in [1.29, 1.82) is 0 Å². The number of imide groups is 1. The van der Waals surface area contributed by atoms with Gasteiger partial charge >= 0.3 is 0 Å². The molecular weight excluding hydrogens is 438 g/mol. The minimum absolute atomic E-state index is 0.00164. The SMILES string of the molecule is CC1CN=c2c3ccc4c5ccc6c7c(ccc(c8ccc(c(=O)n2C1)c3c84)c75)C(=O)N(C)C6=O. The van der Waals surface area contributed by atoms with E-state index >= 15 is 0 Å². The van der Waals surface area contributed by atoms with E-state index in [1.165, 1.54) is 11.9 Å². The lowest BCUT2D eigenvalue weighted by atomic mass is 9.84. The molecule has 0 N–H and O–H groups in total. The zero-order valence-corrected chi connectivity index (χ0v) is 19.2. The van der Waals surface area contributed by atoms with Crippen molar-refractivity contribution in [2.75, 3.05) is 13.6 Å². The molecule has 168 valence electrons. The molecule has 35 heavy (non-hydrogen) atoms. The summed E-state index contributed by atoms with van der Waals surface area (Å²) >= 11 is 0. The highest BCUT2D eigenvalue weighted by Gasteiger charge is 2.32. The number of pyridine rings is 1. The van der Waals surface area contributed by atoms with Crippen molar-refractivity contribution in [3.8, 4) is 0 Å². The quantitative estimate of drug-likeness (QED) is 0.194.